The summed E-state index contributed by atoms with van der Waals surface area (Å²) in [6.45, 7) is 1.94. The fraction of sp³-hybridized carbons (Fsp3) is 0.0556. The van der Waals surface area contributed by atoms with Crippen LogP contribution in [-0.2, 0) is 0 Å². The average Bonchev–Trinajstić information content (AvgIpc) is 3.03. The summed E-state index contributed by atoms with van der Waals surface area (Å²) in [7, 11) is 0. The van der Waals surface area contributed by atoms with Gasteiger partial charge in [-0.15, -0.1) is 0 Å². The lowest BCUT2D eigenvalue weighted by atomic mass is 10.1. The van der Waals surface area contributed by atoms with Crippen molar-refractivity contribution in [3.8, 4) is 0 Å². The van der Waals surface area contributed by atoms with Gasteiger partial charge in [-0.1, -0.05) is 35.9 Å². The van der Waals surface area contributed by atoms with Gasteiger partial charge in [-0.3, -0.25) is 15.0 Å². The SMILES string of the molecule is Cc1ccc(C(=O)NC(=Cc2ccccc2F)c2nc(=S)[nH][nH]2)cc1. The zero-order valence-corrected chi connectivity index (χ0v) is 14.2. The van der Waals surface area contributed by atoms with Gasteiger partial charge in [0.2, 0.25) is 4.77 Å². The third-order valence-electron chi connectivity index (χ3n) is 3.52. The van der Waals surface area contributed by atoms with Crippen LogP contribution in [0, 0.1) is 17.5 Å². The van der Waals surface area contributed by atoms with E-state index in [2.05, 4.69) is 20.5 Å². The summed E-state index contributed by atoms with van der Waals surface area (Å²) in [5, 5.41) is 8.18. The molecule has 126 valence electrons. The van der Waals surface area contributed by atoms with Crippen LogP contribution < -0.4 is 5.32 Å². The number of aromatic nitrogens is 3. The summed E-state index contributed by atoms with van der Waals surface area (Å²) >= 11 is 4.95. The monoisotopic (exact) mass is 354 g/mol. The van der Waals surface area contributed by atoms with E-state index in [9.17, 15) is 9.18 Å². The van der Waals surface area contributed by atoms with Crippen LogP contribution >= 0.6 is 12.2 Å². The Labute approximate surface area is 148 Å². The maximum atomic E-state index is 14.0. The van der Waals surface area contributed by atoms with Gasteiger partial charge in [0.05, 0.1) is 5.70 Å². The molecule has 0 radical (unpaired) electrons. The summed E-state index contributed by atoms with van der Waals surface area (Å²) in [6, 6.07) is 13.4. The molecule has 1 aromatic heterocycles. The zero-order chi connectivity index (χ0) is 17.8. The molecule has 1 heterocycles. The number of benzene rings is 2. The lowest BCUT2D eigenvalue weighted by Gasteiger charge is -2.08. The van der Waals surface area contributed by atoms with Crippen LogP contribution in [0.2, 0.25) is 0 Å². The van der Waals surface area contributed by atoms with Gasteiger partial charge in [0.1, 0.15) is 5.82 Å². The second-order valence-electron chi connectivity index (χ2n) is 5.42. The largest absolute Gasteiger partial charge is 0.319 e. The molecule has 0 saturated heterocycles. The van der Waals surface area contributed by atoms with Crippen LogP contribution in [0.4, 0.5) is 4.39 Å². The van der Waals surface area contributed by atoms with E-state index < -0.39 is 5.82 Å². The maximum Gasteiger partial charge on any atom is 0.255 e. The van der Waals surface area contributed by atoms with Crippen molar-refractivity contribution in [2.75, 3.05) is 0 Å². The van der Waals surface area contributed by atoms with E-state index in [1.54, 1.807) is 30.3 Å². The summed E-state index contributed by atoms with van der Waals surface area (Å²) in [6.07, 6.45) is 1.50. The Hall–Kier alpha value is -3.06. The Morgan fingerprint density at radius 3 is 2.52 bits per heavy atom. The molecule has 0 atom stereocenters. The first-order valence-corrected chi connectivity index (χ1v) is 7.93. The summed E-state index contributed by atoms with van der Waals surface area (Å²) in [5.41, 5.74) is 2.17. The predicted molar refractivity (Wildman–Crippen MR) is 96.7 cm³/mol. The second-order valence-corrected chi connectivity index (χ2v) is 5.80. The molecule has 1 amide bonds. The van der Waals surface area contributed by atoms with Crippen molar-refractivity contribution in [3.05, 3.63) is 81.6 Å². The summed E-state index contributed by atoms with van der Waals surface area (Å²) in [4.78, 5) is 16.6. The third-order valence-corrected chi connectivity index (χ3v) is 3.72. The van der Waals surface area contributed by atoms with Gasteiger partial charge in [-0.2, -0.15) is 4.98 Å². The van der Waals surface area contributed by atoms with Crippen molar-refractivity contribution >= 4 is 29.9 Å². The molecule has 2 aromatic carbocycles. The van der Waals surface area contributed by atoms with Crippen molar-refractivity contribution < 1.29 is 9.18 Å². The highest BCUT2D eigenvalue weighted by Gasteiger charge is 2.13. The van der Waals surface area contributed by atoms with Crippen LogP contribution in [0.3, 0.4) is 0 Å². The molecule has 0 bridgehead atoms. The van der Waals surface area contributed by atoms with E-state index in [0.717, 1.165) is 5.56 Å². The lowest BCUT2D eigenvalue weighted by Crippen LogP contribution is -2.22. The van der Waals surface area contributed by atoms with E-state index in [1.807, 2.05) is 19.1 Å². The molecule has 3 aromatic rings. The number of hydrogen-bond donors (Lipinski definition) is 3. The molecule has 0 saturated carbocycles. The fourth-order valence-corrected chi connectivity index (χ4v) is 2.35. The molecule has 0 aliphatic rings. The first-order chi connectivity index (χ1) is 12.0. The maximum absolute atomic E-state index is 14.0. The number of aromatic amines is 2. The van der Waals surface area contributed by atoms with Gasteiger partial charge < -0.3 is 5.32 Å². The third kappa shape index (κ3) is 4.07. The normalized spacial score (nSPS) is 11.4. The molecule has 0 aliphatic carbocycles. The van der Waals surface area contributed by atoms with Crippen LogP contribution in [0.5, 0.6) is 0 Å². The molecule has 25 heavy (non-hydrogen) atoms. The number of carbonyl (C=O) groups is 1. The van der Waals surface area contributed by atoms with Gasteiger partial charge in [0.25, 0.3) is 5.91 Å². The minimum absolute atomic E-state index is 0.235. The number of carbonyl (C=O) groups excluding carboxylic acids is 1. The average molecular weight is 354 g/mol. The molecule has 3 rings (SSSR count). The highest BCUT2D eigenvalue weighted by molar-refractivity contribution is 7.71. The van der Waals surface area contributed by atoms with Crippen LogP contribution in [0.25, 0.3) is 11.8 Å². The Morgan fingerprint density at radius 2 is 1.88 bits per heavy atom. The predicted octanol–water partition coefficient (Wildman–Crippen LogP) is 3.84. The highest BCUT2D eigenvalue weighted by atomic mass is 32.1. The standard InChI is InChI=1S/C18H15FN4OS/c1-11-6-8-12(9-7-11)17(24)20-15(16-21-18(25)23-22-16)10-13-4-2-3-5-14(13)19/h2-10H,1H3,(H,20,24)(H2,21,22,23,25). The van der Waals surface area contributed by atoms with Crippen molar-refractivity contribution in [3.63, 3.8) is 0 Å². The van der Waals surface area contributed by atoms with Crippen molar-refractivity contribution in [1.29, 1.82) is 0 Å². The number of aryl methyl sites for hydroxylation is 1. The van der Waals surface area contributed by atoms with Gasteiger partial charge in [-0.25, -0.2) is 4.39 Å². The van der Waals surface area contributed by atoms with Gasteiger partial charge in [0, 0.05) is 11.1 Å². The zero-order valence-electron chi connectivity index (χ0n) is 13.3. The number of halogens is 1. The number of nitrogens with zero attached hydrogens (tertiary/aromatic N) is 1. The Kier molecular flexibility index (Phi) is 4.85. The fourth-order valence-electron chi connectivity index (χ4n) is 2.21. The summed E-state index contributed by atoms with van der Waals surface area (Å²) in [5.74, 6) is -0.419. The number of amides is 1. The van der Waals surface area contributed by atoms with Crippen molar-refractivity contribution in [2.45, 2.75) is 6.92 Å². The first-order valence-electron chi connectivity index (χ1n) is 7.52. The smallest absolute Gasteiger partial charge is 0.255 e. The lowest BCUT2D eigenvalue weighted by molar-refractivity contribution is 0.0973. The molecule has 5 nitrogen and oxygen atoms in total. The van der Waals surface area contributed by atoms with Crippen LogP contribution in [0.1, 0.15) is 27.3 Å². The Balaban J connectivity index is 1.97. The van der Waals surface area contributed by atoms with Gasteiger partial charge in [-0.05, 0) is 43.4 Å². The van der Waals surface area contributed by atoms with Gasteiger partial charge >= 0.3 is 0 Å². The molecular weight excluding hydrogens is 339 g/mol. The summed E-state index contributed by atoms with van der Waals surface area (Å²) < 4.78 is 14.2. The second kappa shape index (κ2) is 7.23. The molecular formula is C18H15FN4OS. The molecule has 0 fully saturated rings. The quantitative estimate of drug-likeness (QED) is 0.623. The molecule has 0 aliphatic heterocycles. The molecule has 7 heteroatoms. The molecule has 0 spiro atoms. The highest BCUT2D eigenvalue weighted by Crippen LogP contribution is 2.16. The number of nitrogens with one attached hydrogen (secondary N) is 3. The Morgan fingerprint density at radius 1 is 1.16 bits per heavy atom. The van der Waals surface area contributed by atoms with Crippen molar-refractivity contribution in [2.24, 2.45) is 0 Å². The topological polar surface area (TPSA) is 73.6 Å². The molecule has 0 unspecified atom stereocenters. The van der Waals surface area contributed by atoms with Gasteiger partial charge in [0.15, 0.2) is 5.82 Å². The Bertz CT molecular complexity index is 989. The number of H-pyrrole nitrogens is 2. The van der Waals surface area contributed by atoms with Crippen LogP contribution in [-0.4, -0.2) is 21.1 Å². The van der Waals surface area contributed by atoms with Crippen molar-refractivity contribution in [1.82, 2.24) is 20.5 Å². The first kappa shape index (κ1) is 16.8. The van der Waals surface area contributed by atoms with E-state index in [-0.39, 0.29) is 10.7 Å². The van der Waals surface area contributed by atoms with E-state index in [4.69, 9.17) is 12.2 Å². The number of hydrogen-bond acceptors (Lipinski definition) is 3. The minimum Gasteiger partial charge on any atom is -0.319 e. The molecule has 3 N–H and O–H groups in total. The van der Waals surface area contributed by atoms with E-state index in [0.29, 0.717) is 22.6 Å². The number of rotatable bonds is 4. The van der Waals surface area contributed by atoms with E-state index >= 15 is 0 Å². The van der Waals surface area contributed by atoms with E-state index in [1.165, 1.54) is 12.1 Å². The van der Waals surface area contributed by atoms with Crippen LogP contribution in [0.15, 0.2) is 48.5 Å². The minimum atomic E-state index is -0.404.